The molecular formula is C9H4Cl7. The highest BCUT2D eigenvalue weighted by molar-refractivity contribution is 6.77. The van der Waals surface area contributed by atoms with Crippen molar-refractivity contribution in [2.45, 2.75) is 12.5 Å². The van der Waals surface area contributed by atoms with Crippen LogP contribution in [0.2, 0.25) is 0 Å². The first-order valence-corrected chi connectivity index (χ1v) is 6.55. The van der Waals surface area contributed by atoms with E-state index in [1.807, 2.05) is 0 Å². The largest absolute Gasteiger partial charge is 0.217 e. The van der Waals surface area contributed by atoms with E-state index in [0.29, 0.717) is 0 Å². The molecule has 0 atom stereocenters. The third kappa shape index (κ3) is 2.80. The Balaban J connectivity index is 3.39. The van der Waals surface area contributed by atoms with Crippen molar-refractivity contribution in [3.05, 3.63) is 35.9 Å². The van der Waals surface area contributed by atoms with E-state index in [4.69, 9.17) is 81.2 Å². The molecule has 1 aromatic carbocycles. The third-order valence-corrected chi connectivity index (χ3v) is 4.91. The number of hydrogen-bond acceptors (Lipinski definition) is 0. The topological polar surface area (TPSA) is 0 Å². The van der Waals surface area contributed by atoms with Gasteiger partial charge in [0, 0.05) is 0 Å². The molecular weight excluding hydrogens is 356 g/mol. The van der Waals surface area contributed by atoms with E-state index >= 15 is 0 Å². The molecule has 89 valence electrons. The van der Waals surface area contributed by atoms with Gasteiger partial charge in [0.05, 0.1) is 0 Å². The highest BCUT2D eigenvalue weighted by atomic mass is 35.6. The van der Waals surface area contributed by atoms with Crippen LogP contribution in [0.3, 0.4) is 0 Å². The van der Waals surface area contributed by atoms with Crippen LogP contribution in [0.1, 0.15) is 5.56 Å². The van der Waals surface area contributed by atoms with Gasteiger partial charge in [-0.25, -0.2) is 0 Å². The fraction of sp³-hybridized carbons (Fsp3) is 0.333. The van der Waals surface area contributed by atoms with E-state index in [0.717, 1.165) is 0 Å². The lowest BCUT2D eigenvalue weighted by molar-refractivity contribution is 0.637. The number of rotatable bonds is 1. The van der Waals surface area contributed by atoms with Gasteiger partial charge in [0.15, 0.2) is 4.87 Å². The van der Waals surface area contributed by atoms with Crippen LogP contribution in [0.15, 0.2) is 24.3 Å². The second-order valence-electron chi connectivity index (χ2n) is 2.93. The van der Waals surface area contributed by atoms with Crippen molar-refractivity contribution < 1.29 is 0 Å². The van der Waals surface area contributed by atoms with Gasteiger partial charge in [0.25, 0.3) is 0 Å². The SMILES string of the molecule is ClC(Cl)(Cl)C(Cl)(c1[c]cccc1)C(Cl)(Cl)Cl. The van der Waals surface area contributed by atoms with Crippen molar-refractivity contribution in [3.8, 4) is 0 Å². The van der Waals surface area contributed by atoms with Gasteiger partial charge in [0.2, 0.25) is 7.59 Å². The van der Waals surface area contributed by atoms with Crippen molar-refractivity contribution >= 4 is 81.2 Å². The predicted molar refractivity (Wildman–Crippen MR) is 73.4 cm³/mol. The highest BCUT2D eigenvalue weighted by Crippen LogP contribution is 2.61. The molecule has 0 saturated heterocycles. The lowest BCUT2D eigenvalue weighted by Crippen LogP contribution is -2.45. The number of hydrogen-bond donors (Lipinski definition) is 0. The van der Waals surface area contributed by atoms with E-state index in [2.05, 4.69) is 6.07 Å². The fourth-order valence-electron chi connectivity index (χ4n) is 1.07. The Hall–Kier alpha value is 1.25. The molecule has 0 amide bonds. The molecule has 0 spiro atoms. The summed E-state index contributed by atoms with van der Waals surface area (Å²) in [6, 6.07) is 9.33. The summed E-state index contributed by atoms with van der Waals surface area (Å²) in [5.41, 5.74) is 0.289. The minimum atomic E-state index is -2.00. The molecule has 0 aliphatic carbocycles. The lowest BCUT2D eigenvalue weighted by Gasteiger charge is -2.39. The second kappa shape index (κ2) is 5.09. The Morgan fingerprint density at radius 1 is 0.812 bits per heavy atom. The lowest BCUT2D eigenvalue weighted by atomic mass is 10.0. The summed E-state index contributed by atoms with van der Waals surface area (Å²) >= 11 is 40.9. The highest BCUT2D eigenvalue weighted by Gasteiger charge is 2.61. The molecule has 1 aromatic rings. The molecule has 7 heteroatoms. The normalized spacial score (nSPS) is 13.9. The first-order chi connectivity index (χ1) is 7.11. The first kappa shape index (κ1) is 15.3. The van der Waals surface area contributed by atoms with Crippen molar-refractivity contribution in [2.24, 2.45) is 0 Å². The van der Waals surface area contributed by atoms with Crippen LogP contribution in [0.4, 0.5) is 0 Å². The van der Waals surface area contributed by atoms with Gasteiger partial charge in [-0.2, -0.15) is 0 Å². The molecule has 1 rings (SSSR count). The Labute approximate surface area is 129 Å². The fourth-order valence-corrected chi connectivity index (χ4v) is 3.09. The van der Waals surface area contributed by atoms with Crippen LogP contribution < -0.4 is 0 Å². The summed E-state index contributed by atoms with van der Waals surface area (Å²) in [6.07, 6.45) is 0. The summed E-state index contributed by atoms with van der Waals surface area (Å²) in [7, 11) is 0. The van der Waals surface area contributed by atoms with Gasteiger partial charge < -0.3 is 0 Å². The van der Waals surface area contributed by atoms with Crippen molar-refractivity contribution in [1.29, 1.82) is 0 Å². The van der Waals surface area contributed by atoms with Gasteiger partial charge in [-0.15, -0.1) is 11.6 Å². The van der Waals surface area contributed by atoms with Crippen molar-refractivity contribution in [1.82, 2.24) is 0 Å². The summed E-state index contributed by atoms with van der Waals surface area (Å²) in [4.78, 5) is -1.82. The zero-order chi connectivity index (χ0) is 12.6. The van der Waals surface area contributed by atoms with Gasteiger partial charge >= 0.3 is 0 Å². The smallest absolute Gasteiger partial charge is 0.105 e. The molecule has 0 N–H and O–H groups in total. The minimum absolute atomic E-state index is 0.289. The van der Waals surface area contributed by atoms with E-state index in [1.165, 1.54) is 0 Å². The van der Waals surface area contributed by atoms with Crippen LogP contribution in [0, 0.1) is 6.07 Å². The molecule has 0 heterocycles. The molecule has 0 fully saturated rings. The van der Waals surface area contributed by atoms with Crippen LogP contribution >= 0.6 is 81.2 Å². The molecule has 0 aliphatic heterocycles. The molecule has 16 heavy (non-hydrogen) atoms. The Morgan fingerprint density at radius 3 is 1.62 bits per heavy atom. The van der Waals surface area contributed by atoms with Gasteiger partial charge in [-0.05, 0) is 11.6 Å². The van der Waals surface area contributed by atoms with E-state index in [-0.39, 0.29) is 5.56 Å². The van der Waals surface area contributed by atoms with E-state index in [9.17, 15) is 0 Å². The summed E-state index contributed by atoms with van der Waals surface area (Å²) in [5, 5.41) is 0. The number of alkyl halides is 7. The Kier molecular flexibility index (Phi) is 4.87. The van der Waals surface area contributed by atoms with Crippen LogP contribution in [0.25, 0.3) is 0 Å². The monoisotopic (exact) mass is 357 g/mol. The third-order valence-electron chi connectivity index (χ3n) is 1.86. The molecule has 0 bridgehead atoms. The van der Waals surface area contributed by atoms with E-state index < -0.39 is 12.5 Å². The van der Waals surface area contributed by atoms with Crippen LogP contribution in [-0.2, 0) is 4.87 Å². The van der Waals surface area contributed by atoms with Crippen molar-refractivity contribution in [2.75, 3.05) is 0 Å². The maximum Gasteiger partial charge on any atom is 0.217 e. The van der Waals surface area contributed by atoms with E-state index in [1.54, 1.807) is 24.3 Å². The van der Waals surface area contributed by atoms with Gasteiger partial charge in [-0.3, -0.25) is 0 Å². The quantitative estimate of drug-likeness (QED) is 0.567. The predicted octanol–water partition coefficient (Wildman–Crippen LogP) is 5.66. The van der Waals surface area contributed by atoms with Crippen molar-refractivity contribution in [3.63, 3.8) is 0 Å². The minimum Gasteiger partial charge on any atom is -0.105 e. The maximum atomic E-state index is 6.19. The van der Waals surface area contributed by atoms with Crippen LogP contribution in [-0.4, -0.2) is 7.59 Å². The second-order valence-corrected chi connectivity index (χ2v) is 8.06. The zero-order valence-electron chi connectivity index (χ0n) is 7.46. The number of benzene rings is 1. The summed E-state index contributed by atoms with van der Waals surface area (Å²) < 4.78 is -4.00. The molecule has 0 unspecified atom stereocenters. The molecule has 0 saturated carbocycles. The van der Waals surface area contributed by atoms with Gasteiger partial charge in [0.1, 0.15) is 0 Å². The first-order valence-electron chi connectivity index (χ1n) is 3.90. The zero-order valence-corrected chi connectivity index (χ0v) is 12.7. The maximum absolute atomic E-state index is 6.19. The molecule has 0 nitrogen and oxygen atoms in total. The average Bonchev–Trinajstić information content (AvgIpc) is 2.14. The summed E-state index contributed by atoms with van der Waals surface area (Å²) in [5.74, 6) is 0. The number of halogens is 7. The molecule has 1 radical (unpaired) electrons. The average molecular weight is 360 g/mol. The van der Waals surface area contributed by atoms with Crippen LogP contribution in [0.5, 0.6) is 0 Å². The van der Waals surface area contributed by atoms with Gasteiger partial charge in [-0.1, -0.05) is 93.9 Å². The summed E-state index contributed by atoms with van der Waals surface area (Å²) in [6.45, 7) is 0. The Bertz CT molecular complexity index is 334. The molecule has 0 aromatic heterocycles. The standard InChI is InChI=1S/C9H4Cl7/c10-7(8(11,12)13,9(14,15)16)6-4-2-1-3-5-6/h1-4H. The molecule has 0 aliphatic rings. The Morgan fingerprint density at radius 2 is 1.31 bits per heavy atom.